The molecule has 0 N–H and O–H groups in total. The molecular formula is C19H19N3O2. The van der Waals surface area contributed by atoms with E-state index in [2.05, 4.69) is 17.1 Å². The molecule has 0 spiro atoms. The van der Waals surface area contributed by atoms with E-state index in [1.54, 1.807) is 24.3 Å². The molecule has 0 amide bonds. The molecular weight excluding hydrogens is 302 g/mol. The summed E-state index contributed by atoms with van der Waals surface area (Å²) >= 11 is 0. The van der Waals surface area contributed by atoms with Crippen molar-refractivity contribution in [1.29, 1.82) is 0 Å². The monoisotopic (exact) mass is 321 g/mol. The first-order chi connectivity index (χ1) is 11.7. The molecule has 1 fully saturated rings. The van der Waals surface area contributed by atoms with E-state index >= 15 is 0 Å². The Hall–Kier alpha value is -2.69. The molecule has 0 radical (unpaired) electrons. The number of benzene rings is 2. The van der Waals surface area contributed by atoms with Gasteiger partial charge in [0.25, 0.3) is 5.69 Å². The third-order valence-corrected chi connectivity index (χ3v) is 5.00. The number of nitrogens with zero attached hydrogens (tertiary/aromatic N) is 3. The van der Waals surface area contributed by atoms with Crippen molar-refractivity contribution in [2.24, 2.45) is 11.0 Å². The van der Waals surface area contributed by atoms with E-state index in [9.17, 15) is 10.1 Å². The van der Waals surface area contributed by atoms with Crippen LogP contribution >= 0.6 is 0 Å². The highest BCUT2D eigenvalue weighted by Gasteiger charge is 2.39. The molecule has 5 nitrogen and oxygen atoms in total. The van der Waals surface area contributed by atoms with Gasteiger partial charge in [-0.2, -0.15) is 5.10 Å². The Bertz CT molecular complexity index is 771. The molecule has 122 valence electrons. The third-order valence-electron chi connectivity index (χ3n) is 5.00. The summed E-state index contributed by atoms with van der Waals surface area (Å²) in [5, 5.41) is 17.9. The van der Waals surface area contributed by atoms with Gasteiger partial charge in [-0.25, -0.2) is 0 Å². The SMILES string of the molecule is O=[N+]([O-])c1ccc(N2N=C(c3ccccc3)[C@H]3CCCC[C@@H]32)cc1. The number of rotatable bonds is 3. The van der Waals surface area contributed by atoms with Gasteiger partial charge >= 0.3 is 0 Å². The Morgan fingerprint density at radius 3 is 2.42 bits per heavy atom. The standard InChI is InChI=1S/C19H19N3O2/c23-22(24)16-12-10-15(11-13-16)21-18-9-5-4-8-17(18)19(20-21)14-6-2-1-3-7-14/h1-3,6-7,10-13,17-18H,4-5,8-9H2/t17-,18-/m0/s1. The zero-order chi connectivity index (χ0) is 16.5. The van der Waals surface area contributed by atoms with E-state index in [0.29, 0.717) is 12.0 Å². The normalized spacial score (nSPS) is 22.8. The Morgan fingerprint density at radius 2 is 1.71 bits per heavy atom. The molecule has 1 heterocycles. The largest absolute Gasteiger partial charge is 0.269 e. The van der Waals surface area contributed by atoms with Crippen LogP contribution in [0, 0.1) is 16.0 Å². The third kappa shape index (κ3) is 2.56. The summed E-state index contributed by atoms with van der Waals surface area (Å²) in [6.45, 7) is 0. The van der Waals surface area contributed by atoms with Crippen molar-refractivity contribution in [3.8, 4) is 0 Å². The molecule has 0 unspecified atom stereocenters. The lowest BCUT2D eigenvalue weighted by Crippen LogP contribution is -2.36. The highest BCUT2D eigenvalue weighted by molar-refractivity contribution is 6.05. The highest BCUT2D eigenvalue weighted by atomic mass is 16.6. The minimum absolute atomic E-state index is 0.116. The van der Waals surface area contributed by atoms with Crippen molar-refractivity contribution in [3.63, 3.8) is 0 Å². The summed E-state index contributed by atoms with van der Waals surface area (Å²) in [6, 6.07) is 17.4. The van der Waals surface area contributed by atoms with Crippen LogP contribution in [0.3, 0.4) is 0 Å². The predicted molar refractivity (Wildman–Crippen MR) is 94.3 cm³/mol. The number of non-ortho nitro benzene ring substituents is 1. The lowest BCUT2D eigenvalue weighted by Gasteiger charge is -2.31. The fraction of sp³-hybridized carbons (Fsp3) is 0.316. The molecule has 2 aromatic carbocycles. The molecule has 1 aliphatic carbocycles. The summed E-state index contributed by atoms with van der Waals surface area (Å²) < 4.78 is 0. The van der Waals surface area contributed by atoms with Gasteiger partial charge in [-0.15, -0.1) is 0 Å². The zero-order valence-corrected chi connectivity index (χ0v) is 13.3. The maximum atomic E-state index is 10.9. The second-order valence-electron chi connectivity index (χ2n) is 6.43. The fourth-order valence-electron chi connectivity index (χ4n) is 3.84. The van der Waals surface area contributed by atoms with Gasteiger partial charge in [-0.1, -0.05) is 43.2 Å². The minimum atomic E-state index is -0.365. The quantitative estimate of drug-likeness (QED) is 0.622. The molecule has 24 heavy (non-hydrogen) atoms. The van der Waals surface area contributed by atoms with E-state index in [-0.39, 0.29) is 10.6 Å². The Morgan fingerprint density at radius 1 is 1.00 bits per heavy atom. The van der Waals surface area contributed by atoms with Crippen molar-refractivity contribution in [3.05, 3.63) is 70.3 Å². The van der Waals surface area contributed by atoms with Gasteiger partial charge in [0, 0.05) is 18.1 Å². The summed E-state index contributed by atoms with van der Waals surface area (Å²) in [7, 11) is 0. The second-order valence-corrected chi connectivity index (χ2v) is 6.43. The summed E-state index contributed by atoms with van der Waals surface area (Å²) in [5.74, 6) is 0.441. The summed E-state index contributed by atoms with van der Waals surface area (Å²) in [6.07, 6.45) is 4.72. The van der Waals surface area contributed by atoms with Crippen LogP contribution in [0.1, 0.15) is 31.2 Å². The van der Waals surface area contributed by atoms with Crippen LogP contribution in [0.15, 0.2) is 59.7 Å². The maximum Gasteiger partial charge on any atom is 0.269 e. The van der Waals surface area contributed by atoms with E-state index in [1.807, 2.05) is 18.2 Å². The van der Waals surface area contributed by atoms with Crippen molar-refractivity contribution < 1.29 is 4.92 Å². The van der Waals surface area contributed by atoms with Gasteiger partial charge in [0.2, 0.25) is 0 Å². The number of hydrazone groups is 1. The minimum Gasteiger partial charge on any atom is -0.262 e. The average molecular weight is 321 g/mol. The van der Waals surface area contributed by atoms with Crippen molar-refractivity contribution in [2.45, 2.75) is 31.7 Å². The van der Waals surface area contributed by atoms with Crippen LogP contribution in [0.2, 0.25) is 0 Å². The molecule has 4 rings (SSSR count). The van der Waals surface area contributed by atoms with Gasteiger partial charge in [-0.05, 0) is 30.5 Å². The van der Waals surface area contributed by atoms with Crippen LogP contribution in [-0.4, -0.2) is 16.7 Å². The second kappa shape index (κ2) is 6.07. The number of nitro benzene ring substituents is 1. The van der Waals surface area contributed by atoms with Crippen molar-refractivity contribution >= 4 is 17.1 Å². The van der Waals surface area contributed by atoms with Gasteiger partial charge in [0.15, 0.2) is 0 Å². The number of hydrogen-bond acceptors (Lipinski definition) is 4. The van der Waals surface area contributed by atoms with Gasteiger partial charge < -0.3 is 0 Å². The van der Waals surface area contributed by atoms with Gasteiger partial charge in [0.1, 0.15) is 0 Å². The zero-order valence-electron chi connectivity index (χ0n) is 13.3. The van der Waals surface area contributed by atoms with Crippen LogP contribution in [-0.2, 0) is 0 Å². The lowest BCUT2D eigenvalue weighted by molar-refractivity contribution is -0.384. The van der Waals surface area contributed by atoms with Crippen molar-refractivity contribution in [1.82, 2.24) is 0 Å². The predicted octanol–water partition coefficient (Wildman–Crippen LogP) is 4.38. The molecule has 5 heteroatoms. The number of hydrogen-bond donors (Lipinski definition) is 0. The van der Waals surface area contributed by atoms with E-state index in [0.717, 1.165) is 24.2 Å². The molecule has 2 aromatic rings. The Balaban J connectivity index is 1.71. The lowest BCUT2D eigenvalue weighted by atomic mass is 9.80. The number of nitro groups is 1. The first-order valence-corrected chi connectivity index (χ1v) is 8.41. The molecule has 0 saturated heterocycles. The maximum absolute atomic E-state index is 10.9. The summed E-state index contributed by atoms with van der Waals surface area (Å²) in [5.41, 5.74) is 3.38. The highest BCUT2D eigenvalue weighted by Crippen LogP contribution is 2.39. The fourth-order valence-corrected chi connectivity index (χ4v) is 3.84. The average Bonchev–Trinajstić information content (AvgIpc) is 3.02. The molecule has 1 aliphatic heterocycles. The number of fused-ring (bicyclic) bond motifs is 1. The van der Waals surface area contributed by atoms with E-state index < -0.39 is 0 Å². The van der Waals surface area contributed by atoms with Crippen LogP contribution in [0.25, 0.3) is 0 Å². The van der Waals surface area contributed by atoms with Crippen LogP contribution < -0.4 is 5.01 Å². The Labute approximate surface area is 140 Å². The molecule has 2 atom stereocenters. The molecule has 0 bridgehead atoms. The number of anilines is 1. The van der Waals surface area contributed by atoms with Crippen LogP contribution in [0.4, 0.5) is 11.4 Å². The van der Waals surface area contributed by atoms with E-state index in [4.69, 9.17) is 5.10 Å². The Kier molecular flexibility index (Phi) is 3.76. The van der Waals surface area contributed by atoms with Gasteiger partial charge in [0.05, 0.1) is 22.4 Å². The molecule has 2 aliphatic rings. The molecule has 0 aromatic heterocycles. The topological polar surface area (TPSA) is 58.7 Å². The van der Waals surface area contributed by atoms with Crippen molar-refractivity contribution in [2.75, 3.05) is 5.01 Å². The first kappa shape index (κ1) is 14.9. The van der Waals surface area contributed by atoms with Crippen LogP contribution in [0.5, 0.6) is 0 Å². The van der Waals surface area contributed by atoms with Gasteiger partial charge in [-0.3, -0.25) is 15.1 Å². The smallest absolute Gasteiger partial charge is 0.262 e. The first-order valence-electron chi connectivity index (χ1n) is 8.41. The van der Waals surface area contributed by atoms with E-state index in [1.165, 1.54) is 18.4 Å². The summed E-state index contributed by atoms with van der Waals surface area (Å²) in [4.78, 5) is 10.5. The molecule has 1 saturated carbocycles.